The lowest BCUT2D eigenvalue weighted by Crippen LogP contribution is -2.39. The molecule has 4 heteroatoms. The van der Waals surface area contributed by atoms with Crippen molar-refractivity contribution in [1.82, 2.24) is 4.90 Å². The van der Waals surface area contributed by atoms with Crippen molar-refractivity contribution in [2.45, 2.75) is 6.04 Å². The van der Waals surface area contributed by atoms with Gasteiger partial charge < -0.3 is 13.9 Å². The van der Waals surface area contributed by atoms with Crippen LogP contribution in [0.25, 0.3) is 11.0 Å². The van der Waals surface area contributed by atoms with Crippen LogP contribution in [0.3, 0.4) is 0 Å². The fourth-order valence-electron chi connectivity index (χ4n) is 3.31. The molecule has 0 radical (unpaired) electrons. The Morgan fingerprint density at radius 2 is 1.75 bits per heavy atom. The summed E-state index contributed by atoms with van der Waals surface area (Å²) in [5.41, 5.74) is 2.14. The van der Waals surface area contributed by atoms with E-state index >= 15 is 0 Å². The number of nitrogens with zero attached hydrogens (tertiary/aromatic N) is 1. The van der Waals surface area contributed by atoms with Gasteiger partial charge in [-0.25, -0.2) is 0 Å². The number of para-hydroxylation sites is 1. The summed E-state index contributed by atoms with van der Waals surface area (Å²) in [5.74, 6) is 1.84. The molecular weight excluding hydrogens is 302 g/mol. The van der Waals surface area contributed by atoms with Crippen molar-refractivity contribution >= 4 is 11.0 Å². The molecule has 2 heterocycles. The van der Waals surface area contributed by atoms with E-state index in [-0.39, 0.29) is 6.04 Å². The highest BCUT2D eigenvalue weighted by molar-refractivity contribution is 5.78. The summed E-state index contributed by atoms with van der Waals surface area (Å²) < 4.78 is 17.0. The zero-order valence-corrected chi connectivity index (χ0v) is 13.8. The molecule has 0 aliphatic carbocycles. The van der Waals surface area contributed by atoms with Crippen molar-refractivity contribution in [3.63, 3.8) is 0 Å². The highest BCUT2D eigenvalue weighted by Gasteiger charge is 2.27. The number of hydrogen-bond acceptors (Lipinski definition) is 4. The van der Waals surface area contributed by atoms with Gasteiger partial charge in [-0.1, -0.05) is 30.3 Å². The Morgan fingerprint density at radius 3 is 2.46 bits per heavy atom. The van der Waals surface area contributed by atoms with Gasteiger partial charge in [-0.3, -0.25) is 4.90 Å². The Labute approximate surface area is 141 Å². The molecule has 0 amide bonds. The molecule has 0 spiro atoms. The van der Waals surface area contributed by atoms with Gasteiger partial charge >= 0.3 is 0 Å². The third kappa shape index (κ3) is 2.90. The average Bonchev–Trinajstić information content (AvgIpc) is 3.07. The second-order valence-electron chi connectivity index (χ2n) is 6.01. The van der Waals surface area contributed by atoms with Gasteiger partial charge in [-0.05, 0) is 29.8 Å². The monoisotopic (exact) mass is 323 g/mol. The zero-order chi connectivity index (χ0) is 16.4. The summed E-state index contributed by atoms with van der Waals surface area (Å²) in [6, 6.07) is 18.6. The summed E-state index contributed by atoms with van der Waals surface area (Å²) in [6.45, 7) is 3.31. The molecule has 0 N–H and O–H groups in total. The first-order valence-electron chi connectivity index (χ1n) is 8.29. The minimum atomic E-state index is 0.0900. The van der Waals surface area contributed by atoms with Gasteiger partial charge in [-0.15, -0.1) is 0 Å². The quantitative estimate of drug-likeness (QED) is 0.730. The summed E-state index contributed by atoms with van der Waals surface area (Å²) >= 11 is 0. The molecule has 1 aliphatic rings. The molecule has 0 saturated carbocycles. The van der Waals surface area contributed by atoms with Crippen LogP contribution in [0, 0.1) is 0 Å². The van der Waals surface area contributed by atoms with Crippen molar-refractivity contribution in [3.05, 3.63) is 65.9 Å². The molecule has 3 aromatic rings. The van der Waals surface area contributed by atoms with Crippen LogP contribution in [-0.2, 0) is 4.74 Å². The molecule has 4 rings (SSSR count). The molecule has 24 heavy (non-hydrogen) atoms. The molecule has 1 atom stereocenters. The van der Waals surface area contributed by atoms with Crippen molar-refractivity contribution in [2.75, 3.05) is 33.4 Å². The SMILES string of the molecule is COc1ccc(C(c2cc3ccccc3o2)N2CCOCC2)cc1. The second kappa shape index (κ2) is 6.67. The lowest BCUT2D eigenvalue weighted by Gasteiger charge is -2.33. The zero-order valence-electron chi connectivity index (χ0n) is 13.8. The van der Waals surface area contributed by atoms with Crippen molar-refractivity contribution in [3.8, 4) is 5.75 Å². The van der Waals surface area contributed by atoms with E-state index in [4.69, 9.17) is 13.9 Å². The smallest absolute Gasteiger partial charge is 0.134 e. The van der Waals surface area contributed by atoms with Crippen LogP contribution in [0.5, 0.6) is 5.75 Å². The Hall–Kier alpha value is -2.30. The number of rotatable bonds is 4. The Kier molecular flexibility index (Phi) is 4.24. The number of benzene rings is 2. The van der Waals surface area contributed by atoms with Crippen molar-refractivity contribution in [2.24, 2.45) is 0 Å². The van der Waals surface area contributed by atoms with E-state index in [2.05, 4.69) is 29.2 Å². The highest BCUT2D eigenvalue weighted by atomic mass is 16.5. The molecule has 0 bridgehead atoms. The topological polar surface area (TPSA) is 34.8 Å². The maximum Gasteiger partial charge on any atom is 0.134 e. The van der Waals surface area contributed by atoms with Crippen LogP contribution < -0.4 is 4.74 Å². The number of methoxy groups -OCH3 is 1. The van der Waals surface area contributed by atoms with Crippen molar-refractivity contribution < 1.29 is 13.9 Å². The van der Waals surface area contributed by atoms with E-state index in [9.17, 15) is 0 Å². The number of ether oxygens (including phenoxy) is 2. The second-order valence-corrected chi connectivity index (χ2v) is 6.01. The van der Waals surface area contributed by atoms with Crippen LogP contribution >= 0.6 is 0 Å². The summed E-state index contributed by atoms with van der Waals surface area (Å²) in [5, 5.41) is 1.14. The van der Waals surface area contributed by atoms with Gasteiger partial charge in [0.1, 0.15) is 17.1 Å². The fourth-order valence-corrected chi connectivity index (χ4v) is 3.31. The van der Waals surface area contributed by atoms with E-state index in [0.717, 1.165) is 48.8 Å². The number of morpholine rings is 1. The summed E-state index contributed by atoms with van der Waals surface area (Å²) in [7, 11) is 1.69. The predicted octanol–water partition coefficient (Wildman–Crippen LogP) is 3.86. The lowest BCUT2D eigenvalue weighted by atomic mass is 10.0. The Bertz CT molecular complexity index is 770. The van der Waals surface area contributed by atoms with E-state index < -0.39 is 0 Å². The number of furan rings is 1. The Morgan fingerprint density at radius 1 is 1.00 bits per heavy atom. The van der Waals surface area contributed by atoms with Crippen LogP contribution in [0.2, 0.25) is 0 Å². The average molecular weight is 323 g/mol. The lowest BCUT2D eigenvalue weighted by molar-refractivity contribution is 0.0204. The number of fused-ring (bicyclic) bond motifs is 1. The van der Waals surface area contributed by atoms with Crippen LogP contribution in [0.4, 0.5) is 0 Å². The molecular formula is C20H21NO3. The molecule has 1 fully saturated rings. The normalized spacial score (nSPS) is 17.0. The minimum Gasteiger partial charge on any atom is -0.497 e. The number of hydrogen-bond donors (Lipinski definition) is 0. The van der Waals surface area contributed by atoms with Gasteiger partial charge in [0.15, 0.2) is 0 Å². The van der Waals surface area contributed by atoms with E-state index in [0.29, 0.717) is 0 Å². The predicted molar refractivity (Wildman–Crippen MR) is 93.4 cm³/mol. The van der Waals surface area contributed by atoms with Gasteiger partial charge in [-0.2, -0.15) is 0 Å². The Balaban J connectivity index is 1.76. The van der Waals surface area contributed by atoms with Crippen LogP contribution in [0.1, 0.15) is 17.4 Å². The molecule has 2 aromatic carbocycles. The maximum atomic E-state index is 6.18. The fraction of sp³-hybridized carbons (Fsp3) is 0.300. The van der Waals surface area contributed by atoms with Gasteiger partial charge in [0.25, 0.3) is 0 Å². The first-order valence-corrected chi connectivity index (χ1v) is 8.29. The largest absolute Gasteiger partial charge is 0.497 e. The van der Waals surface area contributed by atoms with Gasteiger partial charge in [0.05, 0.1) is 26.4 Å². The first-order chi connectivity index (χ1) is 11.8. The highest BCUT2D eigenvalue weighted by Crippen LogP contribution is 2.34. The third-order valence-corrected chi connectivity index (χ3v) is 4.56. The minimum absolute atomic E-state index is 0.0900. The van der Waals surface area contributed by atoms with Gasteiger partial charge in [0.2, 0.25) is 0 Å². The molecule has 124 valence electrons. The van der Waals surface area contributed by atoms with Crippen LogP contribution in [0.15, 0.2) is 59.0 Å². The van der Waals surface area contributed by atoms with Gasteiger partial charge in [0, 0.05) is 18.5 Å². The molecule has 1 aromatic heterocycles. The van der Waals surface area contributed by atoms with Crippen molar-refractivity contribution in [1.29, 1.82) is 0 Å². The van der Waals surface area contributed by atoms with Crippen LogP contribution in [-0.4, -0.2) is 38.3 Å². The van der Waals surface area contributed by atoms with E-state index in [1.807, 2.05) is 30.3 Å². The third-order valence-electron chi connectivity index (χ3n) is 4.56. The standard InChI is InChI=1S/C20H21NO3/c1-22-17-8-6-15(7-9-17)20(21-10-12-23-13-11-21)19-14-16-4-2-3-5-18(16)24-19/h2-9,14,20H,10-13H2,1H3. The van der Waals surface area contributed by atoms with E-state index in [1.165, 1.54) is 5.56 Å². The first kappa shape index (κ1) is 15.2. The molecule has 1 saturated heterocycles. The molecule has 1 aliphatic heterocycles. The summed E-state index contributed by atoms with van der Waals surface area (Å²) in [6.07, 6.45) is 0. The molecule has 1 unspecified atom stereocenters. The van der Waals surface area contributed by atoms with E-state index in [1.54, 1.807) is 7.11 Å². The maximum absolute atomic E-state index is 6.18. The molecule has 4 nitrogen and oxygen atoms in total. The summed E-state index contributed by atoms with van der Waals surface area (Å²) in [4.78, 5) is 2.42.